The molecule has 192 valence electrons. The van der Waals surface area contributed by atoms with Crippen LogP contribution in [0.4, 0.5) is 19.3 Å². The quantitative estimate of drug-likeness (QED) is 0.256. The molecule has 2 N–H and O–H groups in total. The molecule has 0 fully saturated rings. The van der Waals surface area contributed by atoms with Crippen molar-refractivity contribution >= 4 is 34.6 Å². The van der Waals surface area contributed by atoms with Crippen LogP contribution < -0.4 is 20.2 Å². The summed E-state index contributed by atoms with van der Waals surface area (Å²) in [7, 11) is 0. The van der Waals surface area contributed by atoms with Gasteiger partial charge in [0.1, 0.15) is 17.2 Å². The van der Waals surface area contributed by atoms with Crippen LogP contribution in [0.1, 0.15) is 11.1 Å². The minimum atomic E-state index is -2.90. The van der Waals surface area contributed by atoms with Crippen molar-refractivity contribution in [2.24, 2.45) is 0 Å². The van der Waals surface area contributed by atoms with Crippen LogP contribution in [0, 0.1) is 0 Å². The maximum atomic E-state index is 13.1. The first kappa shape index (κ1) is 25.1. The fourth-order valence-electron chi connectivity index (χ4n) is 3.95. The van der Waals surface area contributed by atoms with Gasteiger partial charge in [-0.05, 0) is 78.4 Å². The first-order chi connectivity index (χ1) is 18.4. The van der Waals surface area contributed by atoms with Crippen molar-refractivity contribution in [1.29, 1.82) is 0 Å². The molecule has 0 saturated carbocycles. The Morgan fingerprint density at radius 2 is 1.42 bits per heavy atom. The van der Waals surface area contributed by atoms with Crippen molar-refractivity contribution in [1.82, 2.24) is 10.4 Å². The summed E-state index contributed by atoms with van der Waals surface area (Å²) in [4.78, 5) is 13.1. The largest absolute Gasteiger partial charge is 0.457 e. The molecule has 2 amide bonds. The molecule has 0 radical (unpaired) electrons. The summed E-state index contributed by atoms with van der Waals surface area (Å²) in [6.45, 7) is -2.61. The average molecular weight is 534 g/mol. The molecule has 1 heterocycles. The molecule has 9 heteroatoms. The molecule has 0 aromatic heterocycles. The summed E-state index contributed by atoms with van der Waals surface area (Å²) in [5, 5.41) is 4.96. The highest BCUT2D eigenvalue weighted by molar-refractivity contribution is 6.30. The molecule has 0 aliphatic carbocycles. The molecule has 0 atom stereocenters. The van der Waals surface area contributed by atoms with Gasteiger partial charge in [0.25, 0.3) is 0 Å². The summed E-state index contributed by atoms with van der Waals surface area (Å²) in [6.07, 6.45) is 0. The molecule has 5 rings (SSSR count). The smallest absolute Gasteiger partial charge is 0.387 e. The number of urea groups is 1. The van der Waals surface area contributed by atoms with E-state index in [0.717, 1.165) is 16.7 Å². The van der Waals surface area contributed by atoms with Crippen molar-refractivity contribution < 1.29 is 23.0 Å². The SMILES string of the molecule is O=C(Nc1ccc(Oc2ccc(Cl)cc2)cc1)N1CC(c2ccccc2)=C(c2ccc(OC(F)F)cc2)N1. The summed E-state index contributed by atoms with van der Waals surface area (Å²) >= 11 is 5.91. The summed E-state index contributed by atoms with van der Waals surface area (Å²) < 4.78 is 35.4. The highest BCUT2D eigenvalue weighted by Gasteiger charge is 2.27. The minimum Gasteiger partial charge on any atom is -0.457 e. The second kappa shape index (κ2) is 11.2. The average Bonchev–Trinajstić information content (AvgIpc) is 3.38. The number of nitrogens with zero attached hydrogens (tertiary/aromatic N) is 1. The molecule has 0 bridgehead atoms. The monoisotopic (exact) mass is 533 g/mol. The second-order valence-electron chi connectivity index (χ2n) is 8.33. The molecule has 4 aromatic carbocycles. The number of rotatable bonds is 7. The van der Waals surface area contributed by atoms with E-state index in [-0.39, 0.29) is 18.3 Å². The van der Waals surface area contributed by atoms with E-state index >= 15 is 0 Å². The van der Waals surface area contributed by atoms with Crippen LogP contribution in [0.3, 0.4) is 0 Å². The number of hydrogen-bond donors (Lipinski definition) is 2. The van der Waals surface area contributed by atoms with Gasteiger partial charge in [0.05, 0.1) is 12.2 Å². The summed E-state index contributed by atoms with van der Waals surface area (Å²) in [6, 6.07) is 29.6. The lowest BCUT2D eigenvalue weighted by Crippen LogP contribution is -2.40. The Hall–Kier alpha value is -4.56. The van der Waals surface area contributed by atoms with Crippen molar-refractivity contribution in [3.05, 3.63) is 119 Å². The Balaban J connectivity index is 1.29. The number of alkyl halides is 2. The van der Waals surface area contributed by atoms with Gasteiger partial charge in [-0.25, -0.2) is 9.80 Å². The van der Waals surface area contributed by atoms with Crippen LogP contribution >= 0.6 is 11.6 Å². The molecule has 1 aliphatic rings. The number of benzene rings is 4. The Morgan fingerprint density at radius 1 is 0.816 bits per heavy atom. The number of amides is 2. The van der Waals surface area contributed by atoms with Gasteiger partial charge in [0.2, 0.25) is 0 Å². The van der Waals surface area contributed by atoms with Crippen LogP contribution in [0.2, 0.25) is 5.02 Å². The zero-order valence-corrected chi connectivity index (χ0v) is 20.7. The molecule has 6 nitrogen and oxygen atoms in total. The number of carbonyl (C=O) groups is 1. The van der Waals surface area contributed by atoms with Gasteiger partial charge < -0.3 is 14.8 Å². The van der Waals surface area contributed by atoms with Crippen LogP contribution in [-0.2, 0) is 0 Å². The van der Waals surface area contributed by atoms with Crippen molar-refractivity contribution in [2.45, 2.75) is 6.61 Å². The van der Waals surface area contributed by atoms with E-state index in [9.17, 15) is 13.6 Å². The first-order valence-corrected chi connectivity index (χ1v) is 12.0. The summed E-state index contributed by atoms with van der Waals surface area (Å²) in [5.74, 6) is 1.31. The number of hydrogen-bond acceptors (Lipinski definition) is 4. The third-order valence-electron chi connectivity index (χ3n) is 5.76. The maximum Gasteiger partial charge on any atom is 0.387 e. The molecule has 1 aliphatic heterocycles. The molecule has 0 spiro atoms. The number of anilines is 1. The van der Waals surface area contributed by atoms with Gasteiger partial charge in [-0.2, -0.15) is 8.78 Å². The number of hydrazine groups is 1. The standard InChI is InChI=1S/C29H22ClF2N3O3/c30-21-8-14-23(15-9-21)37-24-16-10-22(11-17-24)33-29(36)35-18-26(19-4-2-1-3-5-19)27(34-35)20-6-12-25(13-7-20)38-28(31)32/h1-17,28,34H,18H2,(H,33,36). The third kappa shape index (κ3) is 6.04. The fourth-order valence-corrected chi connectivity index (χ4v) is 4.08. The Morgan fingerprint density at radius 3 is 2.05 bits per heavy atom. The zero-order valence-electron chi connectivity index (χ0n) is 19.9. The Labute approximate surface area is 223 Å². The van der Waals surface area contributed by atoms with Crippen molar-refractivity contribution in [3.8, 4) is 17.2 Å². The normalized spacial score (nSPS) is 12.9. The lowest BCUT2D eigenvalue weighted by molar-refractivity contribution is -0.0498. The predicted molar refractivity (Wildman–Crippen MR) is 143 cm³/mol. The molecular weight excluding hydrogens is 512 g/mol. The van der Waals surface area contributed by atoms with Gasteiger partial charge >= 0.3 is 12.6 Å². The van der Waals surface area contributed by atoms with E-state index in [0.29, 0.717) is 27.9 Å². The van der Waals surface area contributed by atoms with Crippen molar-refractivity contribution in [2.75, 3.05) is 11.9 Å². The number of halogens is 3. The predicted octanol–water partition coefficient (Wildman–Crippen LogP) is 7.65. The van der Waals surface area contributed by atoms with Gasteiger partial charge in [-0.1, -0.05) is 41.9 Å². The van der Waals surface area contributed by atoms with Crippen molar-refractivity contribution in [3.63, 3.8) is 0 Å². The molecular formula is C29H22ClF2N3O3. The van der Waals surface area contributed by atoms with Crippen LogP contribution in [0.5, 0.6) is 17.2 Å². The molecule has 0 unspecified atom stereocenters. The second-order valence-corrected chi connectivity index (χ2v) is 8.77. The number of ether oxygens (including phenoxy) is 2. The van der Waals surface area contributed by atoms with Crippen LogP contribution in [0.15, 0.2) is 103 Å². The molecule has 4 aromatic rings. The van der Waals surface area contributed by atoms with Gasteiger partial charge in [0, 0.05) is 21.8 Å². The Bertz CT molecular complexity index is 1430. The van der Waals surface area contributed by atoms with E-state index in [1.807, 2.05) is 30.3 Å². The third-order valence-corrected chi connectivity index (χ3v) is 6.01. The number of carbonyl (C=O) groups excluding carboxylic acids is 1. The highest BCUT2D eigenvalue weighted by Crippen LogP contribution is 2.32. The van der Waals surface area contributed by atoms with Gasteiger partial charge in [-0.3, -0.25) is 5.43 Å². The topological polar surface area (TPSA) is 62.8 Å². The first-order valence-electron chi connectivity index (χ1n) is 11.7. The lowest BCUT2D eigenvalue weighted by atomic mass is 10.0. The van der Waals surface area contributed by atoms with Crippen LogP contribution in [0.25, 0.3) is 11.3 Å². The van der Waals surface area contributed by atoms with Gasteiger partial charge in [0.15, 0.2) is 0 Å². The van der Waals surface area contributed by atoms with E-state index in [1.165, 1.54) is 17.1 Å². The molecule has 38 heavy (non-hydrogen) atoms. The van der Waals surface area contributed by atoms with Crippen LogP contribution in [-0.4, -0.2) is 24.2 Å². The highest BCUT2D eigenvalue weighted by atomic mass is 35.5. The van der Waals surface area contributed by atoms with E-state index in [4.69, 9.17) is 16.3 Å². The molecule has 0 saturated heterocycles. The summed E-state index contributed by atoms with van der Waals surface area (Å²) in [5.41, 5.74) is 6.99. The zero-order chi connectivity index (χ0) is 26.5. The minimum absolute atomic E-state index is 0.0571. The van der Waals surface area contributed by atoms with E-state index < -0.39 is 6.61 Å². The van der Waals surface area contributed by atoms with Gasteiger partial charge in [-0.15, -0.1) is 0 Å². The number of nitrogens with one attached hydrogen (secondary N) is 2. The van der Waals surface area contributed by atoms with E-state index in [2.05, 4.69) is 15.5 Å². The lowest BCUT2D eigenvalue weighted by Gasteiger charge is -2.19. The maximum absolute atomic E-state index is 13.1. The fraction of sp³-hybridized carbons (Fsp3) is 0.0690. The van der Waals surface area contributed by atoms with E-state index in [1.54, 1.807) is 60.7 Å². The Kier molecular flexibility index (Phi) is 7.42.